The molecule has 6 heteroatoms. The molecule has 31 heavy (non-hydrogen) atoms. The molecule has 1 aliphatic heterocycles. The molecule has 1 N–H and O–H groups in total. The Hall–Kier alpha value is -2.34. The van der Waals surface area contributed by atoms with E-state index in [9.17, 15) is 9.59 Å². The second-order valence-corrected chi connectivity index (χ2v) is 10.8. The summed E-state index contributed by atoms with van der Waals surface area (Å²) in [6.45, 7) is 8.98. The molecule has 2 aliphatic rings. The lowest BCUT2D eigenvalue weighted by Crippen LogP contribution is -2.43. The van der Waals surface area contributed by atoms with Gasteiger partial charge in [0.2, 0.25) is 11.8 Å². The number of benzene rings is 1. The minimum absolute atomic E-state index is 0.0523. The zero-order valence-electron chi connectivity index (χ0n) is 18.9. The fourth-order valence-corrected chi connectivity index (χ4v) is 5.62. The standard InChI is InChI=1S/C25H32N2O3S/c1-17(2)15-27-19-10-9-18(14-20(19)30-16-24(3,4)23(27)29)26-22(28)25(11-5-6-12-25)21-8-7-13-31-21/h7-10,13-14,17H,5-6,11-12,15-16H2,1-4H3,(H,26,28). The number of rotatable bonds is 5. The maximum absolute atomic E-state index is 13.4. The monoisotopic (exact) mass is 440 g/mol. The maximum Gasteiger partial charge on any atom is 0.236 e. The molecule has 0 bridgehead atoms. The van der Waals surface area contributed by atoms with E-state index in [-0.39, 0.29) is 11.8 Å². The molecule has 1 aromatic heterocycles. The lowest BCUT2D eigenvalue weighted by Gasteiger charge is -2.29. The van der Waals surface area contributed by atoms with Crippen molar-refractivity contribution in [3.8, 4) is 5.75 Å². The van der Waals surface area contributed by atoms with Crippen molar-refractivity contribution in [2.45, 2.75) is 58.8 Å². The average molecular weight is 441 g/mol. The SMILES string of the molecule is CC(C)CN1C(=O)C(C)(C)COc2cc(NC(=O)C3(c4cccs4)CCCC3)ccc21. The summed E-state index contributed by atoms with van der Waals surface area (Å²) in [5.74, 6) is 1.10. The molecule has 1 fully saturated rings. The lowest BCUT2D eigenvalue weighted by atomic mass is 9.83. The molecule has 1 aromatic carbocycles. The maximum atomic E-state index is 13.4. The zero-order valence-corrected chi connectivity index (χ0v) is 19.7. The molecule has 1 aliphatic carbocycles. The number of carbonyl (C=O) groups is 2. The van der Waals surface area contributed by atoms with E-state index in [0.29, 0.717) is 30.5 Å². The van der Waals surface area contributed by atoms with Crippen molar-refractivity contribution in [1.29, 1.82) is 0 Å². The predicted octanol–water partition coefficient (Wildman–Crippen LogP) is 5.61. The van der Waals surface area contributed by atoms with Crippen LogP contribution in [-0.4, -0.2) is 25.0 Å². The first-order valence-corrected chi connectivity index (χ1v) is 12.1. The molecule has 0 spiro atoms. The van der Waals surface area contributed by atoms with E-state index in [1.54, 1.807) is 11.3 Å². The van der Waals surface area contributed by atoms with Gasteiger partial charge in [-0.15, -0.1) is 11.3 Å². The van der Waals surface area contributed by atoms with Gasteiger partial charge in [0.25, 0.3) is 0 Å². The Morgan fingerprint density at radius 3 is 2.61 bits per heavy atom. The molecule has 166 valence electrons. The summed E-state index contributed by atoms with van der Waals surface area (Å²) in [6.07, 6.45) is 3.90. The summed E-state index contributed by atoms with van der Waals surface area (Å²) in [7, 11) is 0. The Labute approximate surface area is 188 Å². The summed E-state index contributed by atoms with van der Waals surface area (Å²) in [5, 5.41) is 5.20. The Balaban J connectivity index is 1.63. The van der Waals surface area contributed by atoms with Crippen LogP contribution < -0.4 is 15.0 Å². The molecule has 1 saturated carbocycles. The van der Waals surface area contributed by atoms with E-state index >= 15 is 0 Å². The molecule has 0 atom stereocenters. The minimum atomic E-state index is -0.607. The number of hydrogen-bond acceptors (Lipinski definition) is 4. The third-order valence-electron chi connectivity index (χ3n) is 6.35. The van der Waals surface area contributed by atoms with Crippen molar-refractivity contribution in [2.24, 2.45) is 11.3 Å². The zero-order chi connectivity index (χ0) is 22.2. The molecular weight excluding hydrogens is 408 g/mol. The van der Waals surface area contributed by atoms with Crippen LogP contribution in [0.5, 0.6) is 5.75 Å². The second kappa shape index (κ2) is 8.30. The summed E-state index contributed by atoms with van der Waals surface area (Å²) < 4.78 is 6.08. The van der Waals surface area contributed by atoms with Crippen molar-refractivity contribution in [3.63, 3.8) is 0 Å². The molecule has 5 nitrogen and oxygen atoms in total. The van der Waals surface area contributed by atoms with Gasteiger partial charge in [-0.05, 0) is 56.2 Å². The van der Waals surface area contributed by atoms with Crippen LogP contribution in [0.1, 0.15) is 58.3 Å². The van der Waals surface area contributed by atoms with E-state index in [2.05, 4.69) is 25.2 Å². The van der Waals surface area contributed by atoms with Gasteiger partial charge >= 0.3 is 0 Å². The molecule has 4 rings (SSSR count). The van der Waals surface area contributed by atoms with Crippen LogP contribution >= 0.6 is 11.3 Å². The summed E-state index contributed by atoms with van der Waals surface area (Å²) in [4.78, 5) is 29.6. The molecule has 0 radical (unpaired) electrons. The van der Waals surface area contributed by atoms with Crippen LogP contribution in [0.4, 0.5) is 11.4 Å². The third-order valence-corrected chi connectivity index (χ3v) is 7.43. The van der Waals surface area contributed by atoms with E-state index in [4.69, 9.17) is 4.74 Å². The van der Waals surface area contributed by atoms with Crippen molar-refractivity contribution in [3.05, 3.63) is 40.6 Å². The van der Waals surface area contributed by atoms with Crippen molar-refractivity contribution < 1.29 is 14.3 Å². The number of nitrogens with zero attached hydrogens (tertiary/aromatic N) is 1. The fraction of sp³-hybridized carbons (Fsp3) is 0.520. The molecule has 0 saturated heterocycles. The van der Waals surface area contributed by atoms with E-state index in [1.165, 1.54) is 0 Å². The van der Waals surface area contributed by atoms with Gasteiger partial charge in [-0.2, -0.15) is 0 Å². The normalized spacial score (nSPS) is 19.6. The van der Waals surface area contributed by atoms with Gasteiger partial charge < -0.3 is 15.0 Å². The number of hydrogen-bond donors (Lipinski definition) is 1. The van der Waals surface area contributed by atoms with Gasteiger partial charge in [-0.1, -0.05) is 32.8 Å². The van der Waals surface area contributed by atoms with E-state index in [1.807, 2.05) is 48.4 Å². The van der Waals surface area contributed by atoms with Crippen LogP contribution in [0.2, 0.25) is 0 Å². The van der Waals surface area contributed by atoms with E-state index in [0.717, 1.165) is 36.2 Å². The van der Waals surface area contributed by atoms with Crippen LogP contribution in [-0.2, 0) is 15.0 Å². The number of ether oxygens (including phenoxy) is 1. The summed E-state index contributed by atoms with van der Waals surface area (Å²) in [5.41, 5.74) is 0.438. The van der Waals surface area contributed by atoms with Gasteiger partial charge in [0.05, 0.1) is 16.5 Å². The highest BCUT2D eigenvalue weighted by atomic mass is 32.1. The summed E-state index contributed by atoms with van der Waals surface area (Å²) >= 11 is 1.66. The fourth-order valence-electron chi connectivity index (χ4n) is 4.64. The minimum Gasteiger partial charge on any atom is -0.490 e. The van der Waals surface area contributed by atoms with Crippen LogP contribution in [0.25, 0.3) is 0 Å². The third kappa shape index (κ3) is 4.10. The van der Waals surface area contributed by atoms with Crippen LogP contribution in [0, 0.1) is 11.3 Å². The molecule has 2 amide bonds. The van der Waals surface area contributed by atoms with Crippen molar-refractivity contribution in [2.75, 3.05) is 23.4 Å². The first-order chi connectivity index (χ1) is 14.7. The number of nitrogens with one attached hydrogen (secondary N) is 1. The Kier molecular flexibility index (Phi) is 5.86. The van der Waals surface area contributed by atoms with Gasteiger partial charge in [0.15, 0.2) is 0 Å². The first-order valence-electron chi connectivity index (χ1n) is 11.2. The Bertz CT molecular complexity index is 959. The van der Waals surface area contributed by atoms with Crippen LogP contribution in [0.3, 0.4) is 0 Å². The largest absolute Gasteiger partial charge is 0.490 e. The summed E-state index contributed by atoms with van der Waals surface area (Å²) in [6, 6.07) is 9.75. The number of anilines is 2. The molecule has 2 aromatic rings. The number of fused-ring (bicyclic) bond motifs is 1. The van der Waals surface area contributed by atoms with Crippen molar-refractivity contribution >= 4 is 34.5 Å². The Morgan fingerprint density at radius 1 is 1.23 bits per heavy atom. The second-order valence-electron chi connectivity index (χ2n) is 9.89. The number of thiophene rings is 1. The lowest BCUT2D eigenvalue weighted by molar-refractivity contribution is -0.127. The van der Waals surface area contributed by atoms with E-state index < -0.39 is 10.8 Å². The van der Waals surface area contributed by atoms with Crippen LogP contribution in [0.15, 0.2) is 35.7 Å². The predicted molar refractivity (Wildman–Crippen MR) is 126 cm³/mol. The molecular formula is C25H32N2O3S. The van der Waals surface area contributed by atoms with Gasteiger partial charge in [-0.25, -0.2) is 0 Å². The first kappa shape index (κ1) is 21.9. The number of amides is 2. The Morgan fingerprint density at radius 2 is 1.97 bits per heavy atom. The van der Waals surface area contributed by atoms with Gasteiger partial charge in [-0.3, -0.25) is 9.59 Å². The topological polar surface area (TPSA) is 58.6 Å². The molecule has 2 heterocycles. The molecule has 0 unspecified atom stereocenters. The highest BCUT2D eigenvalue weighted by Crippen LogP contribution is 2.44. The smallest absolute Gasteiger partial charge is 0.236 e. The van der Waals surface area contributed by atoms with Gasteiger partial charge in [0, 0.05) is 23.2 Å². The quantitative estimate of drug-likeness (QED) is 0.658. The van der Waals surface area contributed by atoms with Gasteiger partial charge in [0.1, 0.15) is 12.4 Å². The highest BCUT2D eigenvalue weighted by Gasteiger charge is 2.44. The highest BCUT2D eigenvalue weighted by molar-refractivity contribution is 7.10. The number of carbonyl (C=O) groups excluding carboxylic acids is 2. The van der Waals surface area contributed by atoms with Crippen molar-refractivity contribution in [1.82, 2.24) is 0 Å². The average Bonchev–Trinajstić information content (AvgIpc) is 3.41.